The number of hydrogen-bond acceptors (Lipinski definition) is 3. The Bertz CT molecular complexity index is 587. The van der Waals surface area contributed by atoms with Gasteiger partial charge < -0.3 is 9.51 Å². The molecular weight excluding hydrogens is 262 g/mol. The molecule has 0 atom stereocenters. The summed E-state index contributed by atoms with van der Waals surface area (Å²) in [5.74, 6) is 0. The summed E-state index contributed by atoms with van der Waals surface area (Å²) in [6.45, 7) is 3.91. The van der Waals surface area contributed by atoms with Crippen LogP contribution < -0.4 is 0 Å². The van der Waals surface area contributed by atoms with Crippen molar-refractivity contribution in [2.75, 3.05) is 13.2 Å². The molecule has 0 aromatic carbocycles. The Hall–Kier alpha value is -1.39. The molecule has 1 aliphatic carbocycles. The Morgan fingerprint density at radius 3 is 2.86 bits per heavy atom. The van der Waals surface area contributed by atoms with E-state index in [9.17, 15) is 5.11 Å². The van der Waals surface area contributed by atoms with Gasteiger partial charge in [0.2, 0.25) is 0 Å². The second-order valence-electron chi connectivity index (χ2n) is 6.14. The van der Waals surface area contributed by atoms with E-state index < -0.39 is 0 Å². The van der Waals surface area contributed by atoms with E-state index >= 15 is 0 Å². The molecule has 0 spiro atoms. The first kappa shape index (κ1) is 14.5. The van der Waals surface area contributed by atoms with Crippen LogP contribution in [0.15, 0.2) is 24.5 Å². The first-order valence-corrected chi connectivity index (χ1v) is 8.06. The molecule has 114 valence electrons. The summed E-state index contributed by atoms with van der Waals surface area (Å²) in [5, 5.41) is 9.36. The normalized spacial score (nSPS) is 16.9. The molecule has 4 heteroatoms. The van der Waals surface area contributed by atoms with E-state index in [1.54, 1.807) is 0 Å². The molecule has 4 nitrogen and oxygen atoms in total. The van der Waals surface area contributed by atoms with Crippen LogP contribution in [0.5, 0.6) is 0 Å². The average Bonchev–Trinajstić information content (AvgIpc) is 2.92. The molecule has 2 aromatic rings. The van der Waals surface area contributed by atoms with Crippen LogP contribution in [0.2, 0.25) is 0 Å². The van der Waals surface area contributed by atoms with Gasteiger partial charge >= 0.3 is 0 Å². The largest absolute Gasteiger partial charge is 0.395 e. The minimum Gasteiger partial charge on any atom is -0.395 e. The summed E-state index contributed by atoms with van der Waals surface area (Å²) in [6, 6.07) is 4.76. The maximum absolute atomic E-state index is 9.36. The summed E-state index contributed by atoms with van der Waals surface area (Å²) >= 11 is 0. The van der Waals surface area contributed by atoms with Crippen LogP contribution in [0.1, 0.15) is 43.4 Å². The number of fused-ring (bicyclic) bond motifs is 1. The molecule has 0 unspecified atom stereocenters. The van der Waals surface area contributed by atoms with Crippen molar-refractivity contribution in [1.82, 2.24) is 14.3 Å². The van der Waals surface area contributed by atoms with Crippen molar-refractivity contribution in [2.24, 2.45) is 0 Å². The number of aromatic nitrogens is 2. The van der Waals surface area contributed by atoms with Crippen LogP contribution in [0, 0.1) is 6.92 Å². The van der Waals surface area contributed by atoms with Gasteiger partial charge in [0.1, 0.15) is 5.65 Å². The number of aliphatic hydroxyl groups excluding tert-OH is 1. The zero-order valence-electron chi connectivity index (χ0n) is 12.8. The highest BCUT2D eigenvalue weighted by Gasteiger charge is 2.21. The Labute approximate surface area is 126 Å². The van der Waals surface area contributed by atoms with E-state index in [2.05, 4.69) is 40.8 Å². The highest BCUT2D eigenvalue weighted by Crippen LogP contribution is 2.24. The van der Waals surface area contributed by atoms with E-state index in [1.165, 1.54) is 37.7 Å². The Morgan fingerprint density at radius 2 is 2.14 bits per heavy atom. The van der Waals surface area contributed by atoms with Gasteiger partial charge in [0, 0.05) is 31.5 Å². The highest BCUT2D eigenvalue weighted by atomic mass is 16.3. The van der Waals surface area contributed by atoms with E-state index in [1.807, 2.05) is 0 Å². The van der Waals surface area contributed by atoms with Crippen LogP contribution in [0.3, 0.4) is 0 Å². The fraction of sp³-hybridized carbons (Fsp3) is 0.588. The lowest BCUT2D eigenvalue weighted by molar-refractivity contribution is 0.116. The van der Waals surface area contributed by atoms with Crippen LogP contribution in [-0.4, -0.2) is 38.6 Å². The topological polar surface area (TPSA) is 40.8 Å². The molecule has 1 fully saturated rings. The molecule has 0 bridgehead atoms. The quantitative estimate of drug-likeness (QED) is 0.919. The summed E-state index contributed by atoms with van der Waals surface area (Å²) in [5.41, 5.74) is 3.35. The van der Waals surface area contributed by atoms with Gasteiger partial charge in [-0.05, 0) is 31.4 Å². The second-order valence-corrected chi connectivity index (χ2v) is 6.14. The predicted molar refractivity (Wildman–Crippen MR) is 84.3 cm³/mol. The number of nitrogens with zero attached hydrogens (tertiary/aromatic N) is 3. The third-order valence-electron chi connectivity index (χ3n) is 4.57. The molecular formula is C17H25N3O. The van der Waals surface area contributed by atoms with Crippen molar-refractivity contribution in [2.45, 2.75) is 51.6 Å². The van der Waals surface area contributed by atoms with E-state index in [0.29, 0.717) is 6.04 Å². The summed E-state index contributed by atoms with van der Waals surface area (Å²) in [6.07, 6.45) is 10.7. The number of hydrogen-bond donors (Lipinski definition) is 1. The lowest BCUT2D eigenvalue weighted by Crippen LogP contribution is -2.38. The smallest absolute Gasteiger partial charge is 0.139 e. The number of aliphatic hydroxyl groups is 1. The molecule has 0 radical (unpaired) electrons. The maximum Gasteiger partial charge on any atom is 0.139 e. The van der Waals surface area contributed by atoms with Crippen LogP contribution in [-0.2, 0) is 6.54 Å². The van der Waals surface area contributed by atoms with Gasteiger partial charge in [0.25, 0.3) is 0 Å². The Balaban J connectivity index is 1.78. The minimum atomic E-state index is 0.225. The lowest BCUT2D eigenvalue weighted by atomic mass is 9.94. The van der Waals surface area contributed by atoms with Crippen molar-refractivity contribution in [3.8, 4) is 0 Å². The van der Waals surface area contributed by atoms with Gasteiger partial charge in [-0.1, -0.05) is 25.3 Å². The van der Waals surface area contributed by atoms with Crippen LogP contribution in [0.4, 0.5) is 0 Å². The first-order chi connectivity index (χ1) is 10.3. The van der Waals surface area contributed by atoms with Crippen LogP contribution in [0.25, 0.3) is 5.65 Å². The van der Waals surface area contributed by atoms with Gasteiger partial charge in [-0.2, -0.15) is 0 Å². The molecule has 0 saturated heterocycles. The monoisotopic (exact) mass is 287 g/mol. The van der Waals surface area contributed by atoms with Crippen molar-refractivity contribution in [3.63, 3.8) is 0 Å². The summed E-state index contributed by atoms with van der Waals surface area (Å²) in [4.78, 5) is 7.18. The molecule has 2 aromatic heterocycles. The summed E-state index contributed by atoms with van der Waals surface area (Å²) in [7, 11) is 0. The third-order valence-corrected chi connectivity index (χ3v) is 4.57. The van der Waals surface area contributed by atoms with Crippen molar-refractivity contribution < 1.29 is 5.11 Å². The van der Waals surface area contributed by atoms with Gasteiger partial charge in [0.15, 0.2) is 0 Å². The van der Waals surface area contributed by atoms with Gasteiger partial charge in [-0.25, -0.2) is 4.98 Å². The Morgan fingerprint density at radius 1 is 1.33 bits per heavy atom. The van der Waals surface area contributed by atoms with Gasteiger partial charge in [-0.3, -0.25) is 4.90 Å². The van der Waals surface area contributed by atoms with E-state index in [4.69, 9.17) is 4.98 Å². The zero-order valence-corrected chi connectivity index (χ0v) is 12.8. The molecule has 1 aliphatic rings. The Kier molecular flexibility index (Phi) is 4.56. The van der Waals surface area contributed by atoms with Crippen molar-refractivity contribution in [1.29, 1.82) is 0 Å². The SMILES string of the molecule is Cc1cccn2cc(CN(CCO)C3CCCCC3)nc12. The van der Waals surface area contributed by atoms with Gasteiger partial charge in [0.05, 0.1) is 12.3 Å². The zero-order chi connectivity index (χ0) is 14.7. The molecule has 0 amide bonds. The minimum absolute atomic E-state index is 0.225. The van der Waals surface area contributed by atoms with E-state index in [-0.39, 0.29) is 6.61 Å². The van der Waals surface area contributed by atoms with Gasteiger partial charge in [-0.15, -0.1) is 0 Å². The van der Waals surface area contributed by atoms with E-state index in [0.717, 1.165) is 24.4 Å². The number of rotatable bonds is 5. The van der Waals surface area contributed by atoms with Crippen molar-refractivity contribution >= 4 is 5.65 Å². The predicted octanol–water partition coefficient (Wildman–Crippen LogP) is 2.77. The fourth-order valence-electron chi connectivity index (χ4n) is 3.45. The molecule has 0 aliphatic heterocycles. The van der Waals surface area contributed by atoms with Crippen molar-refractivity contribution in [3.05, 3.63) is 35.8 Å². The average molecular weight is 287 g/mol. The number of imidazole rings is 1. The lowest BCUT2D eigenvalue weighted by Gasteiger charge is -2.33. The first-order valence-electron chi connectivity index (χ1n) is 8.06. The highest BCUT2D eigenvalue weighted by molar-refractivity contribution is 5.47. The van der Waals surface area contributed by atoms with Crippen LogP contribution >= 0.6 is 0 Å². The molecule has 21 heavy (non-hydrogen) atoms. The summed E-state index contributed by atoms with van der Waals surface area (Å²) < 4.78 is 2.10. The molecule has 1 saturated carbocycles. The number of aryl methyl sites for hydroxylation is 1. The molecule has 1 N–H and O–H groups in total. The standard InChI is InChI=1S/C17H25N3O/c1-14-6-5-9-20-13-15(18-17(14)20)12-19(10-11-21)16-7-3-2-4-8-16/h5-6,9,13,16,21H,2-4,7-8,10-12H2,1H3. The maximum atomic E-state index is 9.36. The number of pyridine rings is 1. The third kappa shape index (κ3) is 3.27. The molecule has 3 rings (SSSR count). The fourth-order valence-corrected chi connectivity index (χ4v) is 3.45. The molecule has 2 heterocycles. The second kappa shape index (κ2) is 6.58.